The van der Waals surface area contributed by atoms with Crippen molar-refractivity contribution in [3.05, 3.63) is 59.7 Å². The largest absolute Gasteiger partial charge is 0.494 e. The summed E-state index contributed by atoms with van der Waals surface area (Å²) in [6.07, 6.45) is 25.4. The number of hydrogen-bond donors (Lipinski definition) is 0. The molecule has 2 aliphatic carbocycles. The van der Waals surface area contributed by atoms with Crippen LogP contribution in [-0.2, 0) is 0 Å². The van der Waals surface area contributed by atoms with Gasteiger partial charge in [-0.05, 0) is 112 Å². The Hall–Kier alpha value is -1.96. The minimum atomic E-state index is 0.745. The van der Waals surface area contributed by atoms with Crippen molar-refractivity contribution >= 4 is 0 Å². The van der Waals surface area contributed by atoms with Crippen molar-refractivity contribution in [1.29, 1.82) is 0 Å². The van der Waals surface area contributed by atoms with Gasteiger partial charge in [0, 0.05) is 0 Å². The van der Waals surface area contributed by atoms with E-state index < -0.39 is 0 Å². The molecule has 2 aromatic carbocycles. The lowest BCUT2D eigenvalue weighted by molar-refractivity contribution is 0.155. The van der Waals surface area contributed by atoms with Crippen molar-refractivity contribution < 1.29 is 9.47 Å². The molecule has 0 heterocycles. The van der Waals surface area contributed by atoms with Crippen LogP contribution in [0.3, 0.4) is 0 Å². The van der Waals surface area contributed by atoms with Gasteiger partial charge in [-0.15, -0.1) is 0 Å². The van der Waals surface area contributed by atoms with Gasteiger partial charge in [0.15, 0.2) is 0 Å². The molecule has 4 rings (SSSR count). The molecule has 2 saturated carbocycles. The number of hydrogen-bond acceptors (Lipinski definition) is 2. The summed E-state index contributed by atoms with van der Waals surface area (Å²) in [7, 11) is 0. The fourth-order valence-corrected chi connectivity index (χ4v) is 7.32. The van der Waals surface area contributed by atoms with Gasteiger partial charge < -0.3 is 9.47 Å². The average Bonchev–Trinajstić information content (AvgIpc) is 3.00. The molecule has 2 fully saturated rings. The summed E-state index contributed by atoms with van der Waals surface area (Å²) in [5, 5.41) is 0. The molecule has 0 radical (unpaired) electrons. The first-order chi connectivity index (χ1) is 19.7. The molecule has 0 aromatic heterocycles. The highest BCUT2D eigenvalue weighted by molar-refractivity contribution is 5.30. The summed E-state index contributed by atoms with van der Waals surface area (Å²) in [4.78, 5) is 0. The van der Waals surface area contributed by atoms with Gasteiger partial charge >= 0.3 is 0 Å². The first-order valence-corrected chi connectivity index (χ1v) is 17.1. The predicted molar refractivity (Wildman–Crippen MR) is 171 cm³/mol. The van der Waals surface area contributed by atoms with Crippen LogP contribution in [0, 0.1) is 24.7 Å². The minimum absolute atomic E-state index is 0.745. The number of ether oxygens (including phenoxy) is 2. The number of rotatable bonds is 17. The first kappa shape index (κ1) is 31.0. The Kier molecular flexibility index (Phi) is 13.8. The first-order valence-electron chi connectivity index (χ1n) is 17.1. The van der Waals surface area contributed by atoms with Crippen molar-refractivity contribution in [2.45, 2.75) is 135 Å². The number of aryl methyl sites for hydroxylation is 1. The van der Waals surface area contributed by atoms with Crippen molar-refractivity contribution in [3.63, 3.8) is 0 Å². The second kappa shape index (κ2) is 17.8. The van der Waals surface area contributed by atoms with E-state index in [0.29, 0.717) is 0 Å². The summed E-state index contributed by atoms with van der Waals surface area (Å²) < 4.78 is 11.8. The van der Waals surface area contributed by atoms with Gasteiger partial charge in [-0.3, -0.25) is 0 Å². The molecule has 2 nitrogen and oxygen atoms in total. The third-order valence-electron chi connectivity index (χ3n) is 9.99. The maximum absolute atomic E-state index is 6.02. The molecule has 0 bridgehead atoms. The van der Waals surface area contributed by atoms with Gasteiger partial charge in [-0.2, -0.15) is 0 Å². The standard InChI is InChI=1S/C38H58O2/c1-3-4-5-6-7-8-9-12-32-15-17-33(18-16-32)34-19-21-35(22-20-34)36-23-27-38(28-24-36)40-30-11-10-29-39-37-25-13-31(2)14-26-37/h13-14,23-28,32-35H,3-12,15-22,29-30H2,1-2H3. The van der Waals surface area contributed by atoms with Gasteiger partial charge in [-0.1, -0.05) is 101 Å². The van der Waals surface area contributed by atoms with Crippen LogP contribution in [0.5, 0.6) is 11.5 Å². The Morgan fingerprint density at radius 1 is 0.550 bits per heavy atom. The van der Waals surface area contributed by atoms with Gasteiger partial charge in [0.25, 0.3) is 0 Å². The quantitative estimate of drug-likeness (QED) is 0.184. The second-order valence-corrected chi connectivity index (χ2v) is 13.1. The molecule has 0 amide bonds. The zero-order chi connectivity index (χ0) is 27.8. The van der Waals surface area contributed by atoms with Crippen LogP contribution in [0.15, 0.2) is 48.5 Å². The molecule has 0 aliphatic heterocycles. The SMILES string of the molecule is CCCCCCCCCC1CCC(C2CCC(c3ccc(OCCCCOc4ccc(C)cc4)cc3)CC2)CC1. The van der Waals surface area contributed by atoms with E-state index in [9.17, 15) is 0 Å². The highest BCUT2D eigenvalue weighted by Crippen LogP contribution is 2.44. The highest BCUT2D eigenvalue weighted by Gasteiger charge is 2.31. The van der Waals surface area contributed by atoms with Crippen LogP contribution in [0.25, 0.3) is 0 Å². The zero-order valence-corrected chi connectivity index (χ0v) is 25.9. The minimum Gasteiger partial charge on any atom is -0.494 e. The monoisotopic (exact) mass is 546 g/mol. The lowest BCUT2D eigenvalue weighted by Crippen LogP contribution is -2.25. The van der Waals surface area contributed by atoms with E-state index in [2.05, 4.69) is 50.2 Å². The summed E-state index contributed by atoms with van der Waals surface area (Å²) in [6.45, 7) is 5.91. The molecule has 2 aliphatic rings. The molecule has 40 heavy (non-hydrogen) atoms. The summed E-state index contributed by atoms with van der Waals surface area (Å²) >= 11 is 0. The van der Waals surface area contributed by atoms with E-state index in [0.717, 1.165) is 61.2 Å². The van der Waals surface area contributed by atoms with Crippen LogP contribution in [0.4, 0.5) is 0 Å². The van der Waals surface area contributed by atoms with E-state index in [1.807, 2.05) is 12.1 Å². The van der Waals surface area contributed by atoms with Gasteiger partial charge in [-0.25, -0.2) is 0 Å². The van der Waals surface area contributed by atoms with E-state index >= 15 is 0 Å². The summed E-state index contributed by atoms with van der Waals surface area (Å²) in [5.41, 5.74) is 2.79. The molecule has 2 aromatic rings. The zero-order valence-electron chi connectivity index (χ0n) is 25.9. The fraction of sp³-hybridized carbons (Fsp3) is 0.684. The Labute approximate surface area is 246 Å². The molecule has 2 heteroatoms. The van der Waals surface area contributed by atoms with Crippen molar-refractivity contribution in [2.24, 2.45) is 17.8 Å². The Bertz CT molecular complexity index is 902. The van der Waals surface area contributed by atoms with Crippen LogP contribution in [-0.4, -0.2) is 13.2 Å². The molecule has 0 atom stereocenters. The van der Waals surface area contributed by atoms with E-state index in [1.54, 1.807) is 0 Å². The third-order valence-corrected chi connectivity index (χ3v) is 9.99. The molecule has 0 unspecified atom stereocenters. The van der Waals surface area contributed by atoms with E-state index in [1.165, 1.54) is 114 Å². The maximum atomic E-state index is 6.02. The average molecular weight is 547 g/mol. The molecular weight excluding hydrogens is 488 g/mol. The Morgan fingerprint density at radius 3 is 1.62 bits per heavy atom. The topological polar surface area (TPSA) is 18.5 Å². The molecule has 222 valence electrons. The molecule has 0 N–H and O–H groups in total. The Morgan fingerprint density at radius 2 is 1.05 bits per heavy atom. The lowest BCUT2D eigenvalue weighted by Gasteiger charge is -2.38. The third kappa shape index (κ3) is 10.8. The van der Waals surface area contributed by atoms with Gasteiger partial charge in [0.1, 0.15) is 11.5 Å². The van der Waals surface area contributed by atoms with Crippen molar-refractivity contribution in [1.82, 2.24) is 0 Å². The smallest absolute Gasteiger partial charge is 0.119 e. The van der Waals surface area contributed by atoms with Crippen molar-refractivity contribution in [2.75, 3.05) is 13.2 Å². The van der Waals surface area contributed by atoms with E-state index in [4.69, 9.17) is 9.47 Å². The molecule has 0 saturated heterocycles. The lowest BCUT2D eigenvalue weighted by atomic mass is 9.68. The van der Waals surface area contributed by atoms with Crippen LogP contribution in [0.1, 0.15) is 140 Å². The Balaban J connectivity index is 1.04. The van der Waals surface area contributed by atoms with Crippen LogP contribution >= 0.6 is 0 Å². The normalized spacial score (nSPS) is 23.1. The second-order valence-electron chi connectivity index (χ2n) is 13.1. The summed E-state index contributed by atoms with van der Waals surface area (Å²) in [5.74, 6) is 5.76. The maximum Gasteiger partial charge on any atom is 0.119 e. The van der Waals surface area contributed by atoms with Crippen LogP contribution in [0.2, 0.25) is 0 Å². The van der Waals surface area contributed by atoms with Gasteiger partial charge in [0.2, 0.25) is 0 Å². The number of benzene rings is 2. The van der Waals surface area contributed by atoms with Crippen LogP contribution < -0.4 is 9.47 Å². The number of unbranched alkanes of at least 4 members (excludes halogenated alkanes) is 7. The summed E-state index contributed by atoms with van der Waals surface area (Å²) in [6, 6.07) is 17.3. The highest BCUT2D eigenvalue weighted by atomic mass is 16.5. The van der Waals surface area contributed by atoms with E-state index in [-0.39, 0.29) is 0 Å². The van der Waals surface area contributed by atoms with Crippen molar-refractivity contribution in [3.8, 4) is 11.5 Å². The predicted octanol–water partition coefficient (Wildman–Crippen LogP) is 11.5. The molecular formula is C38H58O2. The molecule has 0 spiro atoms. The fourth-order valence-electron chi connectivity index (χ4n) is 7.32. The van der Waals surface area contributed by atoms with Gasteiger partial charge in [0.05, 0.1) is 13.2 Å².